The van der Waals surface area contributed by atoms with Crippen LogP contribution in [0.5, 0.6) is 5.75 Å². The van der Waals surface area contributed by atoms with Gasteiger partial charge in [0.25, 0.3) is 5.69 Å². The zero-order valence-corrected chi connectivity index (χ0v) is 11.6. The number of hydrogen-bond donors (Lipinski definition) is 1. The molecule has 106 valence electrons. The number of sulfonamides is 1. The Morgan fingerprint density at radius 1 is 1.37 bits per heavy atom. The van der Waals surface area contributed by atoms with Crippen LogP contribution in [-0.2, 0) is 10.0 Å². The van der Waals surface area contributed by atoms with Gasteiger partial charge >= 0.3 is 0 Å². The van der Waals surface area contributed by atoms with Gasteiger partial charge in [-0.15, -0.1) is 0 Å². The summed E-state index contributed by atoms with van der Waals surface area (Å²) in [5.41, 5.74) is -0.382. The van der Waals surface area contributed by atoms with E-state index in [1.807, 2.05) is 0 Å². The Labute approximate surface area is 111 Å². The van der Waals surface area contributed by atoms with E-state index in [4.69, 9.17) is 4.74 Å². The third-order valence-corrected chi connectivity index (χ3v) is 3.69. The first kappa shape index (κ1) is 15.2. The number of hydrogen-bond acceptors (Lipinski definition) is 5. The van der Waals surface area contributed by atoms with Gasteiger partial charge in [-0.1, -0.05) is 6.92 Å². The van der Waals surface area contributed by atoms with E-state index in [9.17, 15) is 18.5 Å². The highest BCUT2D eigenvalue weighted by atomic mass is 32.2. The molecule has 8 heteroatoms. The Morgan fingerprint density at radius 2 is 2.05 bits per heavy atom. The number of nitro groups is 1. The van der Waals surface area contributed by atoms with Gasteiger partial charge in [-0.25, -0.2) is 8.42 Å². The number of ether oxygens (including phenoxy) is 1. The topological polar surface area (TPSA) is 98.5 Å². The van der Waals surface area contributed by atoms with E-state index in [0.29, 0.717) is 18.8 Å². The van der Waals surface area contributed by atoms with Crippen LogP contribution in [0, 0.1) is 10.1 Å². The fourth-order valence-electron chi connectivity index (χ4n) is 1.49. The summed E-state index contributed by atoms with van der Waals surface area (Å²) >= 11 is 0. The molecule has 0 aliphatic carbocycles. The average molecular weight is 288 g/mol. The Kier molecular flexibility index (Phi) is 5.11. The molecule has 0 fully saturated rings. The summed E-state index contributed by atoms with van der Waals surface area (Å²) in [5.74, 6) is 0.241. The van der Waals surface area contributed by atoms with Crippen molar-refractivity contribution in [3.05, 3.63) is 28.3 Å². The minimum atomic E-state index is -3.56. The molecule has 7 nitrogen and oxygen atoms in total. The van der Waals surface area contributed by atoms with Crippen LogP contribution in [-0.4, -0.2) is 25.7 Å². The van der Waals surface area contributed by atoms with Crippen molar-refractivity contribution < 1.29 is 18.1 Å². The minimum Gasteiger partial charge on any atom is -0.494 e. The number of nitrogens with zero attached hydrogens (tertiary/aromatic N) is 1. The molecule has 0 saturated carbocycles. The summed E-state index contributed by atoms with van der Waals surface area (Å²) in [6.07, 6.45) is 0.431. The quantitative estimate of drug-likeness (QED) is 0.612. The van der Waals surface area contributed by atoms with Crippen molar-refractivity contribution in [2.24, 2.45) is 0 Å². The molecule has 1 aromatic carbocycles. The van der Waals surface area contributed by atoms with Crippen LogP contribution in [0.1, 0.15) is 20.3 Å². The van der Waals surface area contributed by atoms with Gasteiger partial charge in [0.2, 0.25) is 10.0 Å². The molecular weight excluding hydrogens is 272 g/mol. The molecule has 1 aromatic rings. The first-order valence-electron chi connectivity index (χ1n) is 5.81. The van der Waals surface area contributed by atoms with Gasteiger partial charge in [0.15, 0.2) is 0 Å². The highest BCUT2D eigenvalue weighted by Gasteiger charge is 2.19. The van der Waals surface area contributed by atoms with E-state index < -0.39 is 14.9 Å². The molecule has 0 spiro atoms. The fourth-order valence-corrected chi connectivity index (χ4v) is 2.64. The van der Waals surface area contributed by atoms with E-state index in [0.717, 1.165) is 0 Å². The number of nitro benzene ring substituents is 1. The molecule has 0 amide bonds. The molecule has 0 radical (unpaired) electrons. The van der Waals surface area contributed by atoms with E-state index in [-0.39, 0.29) is 17.1 Å². The lowest BCUT2D eigenvalue weighted by Crippen LogP contribution is -2.17. The van der Waals surface area contributed by atoms with Gasteiger partial charge in [-0.2, -0.15) is 0 Å². The monoisotopic (exact) mass is 288 g/mol. The maximum absolute atomic E-state index is 11.6. The van der Waals surface area contributed by atoms with Crippen molar-refractivity contribution in [3.8, 4) is 5.75 Å². The number of benzene rings is 1. The Hall–Kier alpha value is -1.83. The normalized spacial score (nSPS) is 11.1. The number of anilines is 1. The fraction of sp³-hybridized carbons (Fsp3) is 0.455. The van der Waals surface area contributed by atoms with Crippen molar-refractivity contribution in [2.75, 3.05) is 17.1 Å². The van der Waals surface area contributed by atoms with Crippen LogP contribution in [0.25, 0.3) is 0 Å². The molecule has 1 rings (SSSR count). The van der Waals surface area contributed by atoms with Crippen LogP contribution >= 0.6 is 0 Å². The maximum atomic E-state index is 11.6. The summed E-state index contributed by atoms with van der Waals surface area (Å²) in [6, 6.07) is 4.02. The zero-order valence-electron chi connectivity index (χ0n) is 10.8. The number of nitrogens with one attached hydrogen (secondary N) is 1. The molecule has 19 heavy (non-hydrogen) atoms. The van der Waals surface area contributed by atoms with Gasteiger partial charge < -0.3 is 4.74 Å². The molecule has 0 unspecified atom stereocenters. The second-order valence-electron chi connectivity index (χ2n) is 3.79. The van der Waals surface area contributed by atoms with Crippen molar-refractivity contribution in [1.29, 1.82) is 0 Å². The average Bonchev–Trinajstić information content (AvgIpc) is 2.30. The highest BCUT2D eigenvalue weighted by molar-refractivity contribution is 7.92. The van der Waals surface area contributed by atoms with Gasteiger partial charge in [0.05, 0.1) is 23.3 Å². The van der Waals surface area contributed by atoms with Gasteiger partial charge in [0, 0.05) is 0 Å². The van der Waals surface area contributed by atoms with Gasteiger partial charge in [0.1, 0.15) is 11.4 Å². The molecule has 0 aliphatic heterocycles. The second kappa shape index (κ2) is 6.37. The minimum absolute atomic E-state index is 0.0538. The van der Waals surface area contributed by atoms with Crippen LogP contribution in [0.2, 0.25) is 0 Å². The third-order valence-electron chi connectivity index (χ3n) is 2.22. The van der Waals surface area contributed by atoms with Gasteiger partial charge in [-0.05, 0) is 25.5 Å². The molecule has 0 bridgehead atoms. The highest BCUT2D eigenvalue weighted by Crippen LogP contribution is 2.29. The Bertz CT molecular complexity index is 556. The Balaban J connectivity index is 3.10. The largest absolute Gasteiger partial charge is 0.494 e. The van der Waals surface area contributed by atoms with Crippen molar-refractivity contribution in [1.82, 2.24) is 0 Å². The Morgan fingerprint density at radius 3 is 2.58 bits per heavy atom. The summed E-state index contributed by atoms with van der Waals surface area (Å²) < 4.78 is 30.6. The number of rotatable bonds is 7. The van der Waals surface area contributed by atoms with Crippen molar-refractivity contribution in [3.63, 3.8) is 0 Å². The van der Waals surface area contributed by atoms with Crippen LogP contribution in [0.3, 0.4) is 0 Å². The predicted molar refractivity (Wildman–Crippen MR) is 72.0 cm³/mol. The summed E-state index contributed by atoms with van der Waals surface area (Å²) in [4.78, 5) is 10.3. The SMILES string of the molecule is CCCS(=O)(=O)Nc1ccc(OCC)cc1[N+](=O)[O-]. The lowest BCUT2D eigenvalue weighted by Gasteiger charge is -2.09. The lowest BCUT2D eigenvalue weighted by molar-refractivity contribution is -0.384. The standard InChI is InChI=1S/C11H16N2O5S/c1-3-7-19(16,17)12-10-6-5-9(18-4-2)8-11(10)13(14)15/h5-6,8,12H,3-4,7H2,1-2H3. The van der Waals surface area contributed by atoms with E-state index in [1.165, 1.54) is 18.2 Å². The summed E-state index contributed by atoms with van der Waals surface area (Å²) in [5, 5.41) is 10.9. The van der Waals surface area contributed by atoms with Crippen LogP contribution in [0.15, 0.2) is 18.2 Å². The molecule has 1 N–H and O–H groups in total. The summed E-state index contributed by atoms with van der Waals surface area (Å²) in [6.45, 7) is 3.84. The summed E-state index contributed by atoms with van der Waals surface area (Å²) in [7, 11) is -3.56. The molecule has 0 saturated heterocycles. The lowest BCUT2D eigenvalue weighted by atomic mass is 10.2. The van der Waals surface area contributed by atoms with Crippen molar-refractivity contribution >= 4 is 21.4 Å². The molecule has 0 aromatic heterocycles. The molecule has 0 atom stereocenters. The molecular formula is C11H16N2O5S. The van der Waals surface area contributed by atoms with Gasteiger partial charge in [-0.3, -0.25) is 14.8 Å². The van der Waals surface area contributed by atoms with Crippen LogP contribution < -0.4 is 9.46 Å². The zero-order chi connectivity index (χ0) is 14.5. The second-order valence-corrected chi connectivity index (χ2v) is 5.63. The van der Waals surface area contributed by atoms with Crippen molar-refractivity contribution in [2.45, 2.75) is 20.3 Å². The van der Waals surface area contributed by atoms with E-state index in [1.54, 1.807) is 13.8 Å². The van der Waals surface area contributed by atoms with E-state index in [2.05, 4.69) is 4.72 Å². The maximum Gasteiger partial charge on any atom is 0.297 e. The molecule has 0 heterocycles. The van der Waals surface area contributed by atoms with Crippen LogP contribution in [0.4, 0.5) is 11.4 Å². The first-order valence-corrected chi connectivity index (χ1v) is 7.46. The van der Waals surface area contributed by atoms with E-state index >= 15 is 0 Å². The smallest absolute Gasteiger partial charge is 0.297 e. The first-order chi connectivity index (χ1) is 8.89. The third kappa shape index (κ3) is 4.40. The predicted octanol–water partition coefficient (Wildman–Crippen LogP) is 2.15. The molecule has 0 aliphatic rings.